The van der Waals surface area contributed by atoms with Crippen LogP contribution in [0.3, 0.4) is 0 Å². The fraction of sp³-hybridized carbons (Fsp3) is 0.111. The second-order valence-electron chi connectivity index (χ2n) is 5.72. The summed E-state index contributed by atoms with van der Waals surface area (Å²) in [5, 5.41) is 17.7. The summed E-state index contributed by atoms with van der Waals surface area (Å²) in [5.41, 5.74) is 1.25. The van der Waals surface area contributed by atoms with E-state index in [0.29, 0.717) is 16.8 Å². The highest BCUT2D eigenvalue weighted by atomic mass is 16.6. The highest BCUT2D eigenvalue weighted by Crippen LogP contribution is 2.20. The normalized spacial score (nSPS) is 10.4. The number of nitrogens with zero attached hydrogens (tertiary/aromatic N) is 4. The van der Waals surface area contributed by atoms with Crippen LogP contribution >= 0.6 is 0 Å². The van der Waals surface area contributed by atoms with Crippen LogP contribution in [0.1, 0.15) is 17.3 Å². The van der Waals surface area contributed by atoms with Crippen molar-refractivity contribution in [3.05, 3.63) is 70.5 Å². The number of nitro benzene ring substituents is 1. The number of nitrogens with one attached hydrogen (secondary N) is 1. The minimum atomic E-state index is -0.500. The molecule has 1 N–H and O–H groups in total. The number of nitro groups is 1. The van der Waals surface area contributed by atoms with Crippen LogP contribution in [0, 0.1) is 10.1 Å². The van der Waals surface area contributed by atoms with E-state index < -0.39 is 4.92 Å². The van der Waals surface area contributed by atoms with Crippen LogP contribution in [0.25, 0.3) is 11.4 Å². The Morgan fingerprint density at radius 1 is 1.19 bits per heavy atom. The molecule has 1 amide bonds. The predicted octanol–water partition coefficient (Wildman–Crippen LogP) is 2.69. The lowest BCUT2D eigenvalue weighted by molar-refractivity contribution is -0.384. The molecule has 9 nitrogen and oxygen atoms in total. The summed E-state index contributed by atoms with van der Waals surface area (Å²) in [6, 6.07) is 12.6. The van der Waals surface area contributed by atoms with E-state index in [4.69, 9.17) is 0 Å². The first-order chi connectivity index (χ1) is 12.9. The van der Waals surface area contributed by atoms with Crippen molar-refractivity contribution in [2.24, 2.45) is 0 Å². The Hall–Kier alpha value is -3.88. The van der Waals surface area contributed by atoms with E-state index >= 15 is 0 Å². The third-order valence-electron chi connectivity index (χ3n) is 3.74. The van der Waals surface area contributed by atoms with Crippen molar-refractivity contribution in [2.75, 3.05) is 5.32 Å². The first kappa shape index (κ1) is 17.9. The number of hydrogen-bond acceptors (Lipinski definition) is 6. The van der Waals surface area contributed by atoms with Gasteiger partial charge in [-0.2, -0.15) is 5.10 Å². The van der Waals surface area contributed by atoms with Gasteiger partial charge in [-0.05, 0) is 19.1 Å². The Kier molecular flexibility index (Phi) is 5.02. The predicted molar refractivity (Wildman–Crippen MR) is 97.2 cm³/mol. The number of para-hydroxylation sites is 1. The maximum absolute atomic E-state index is 12.2. The van der Waals surface area contributed by atoms with Gasteiger partial charge in [-0.15, -0.1) is 0 Å². The topological polar surface area (TPSA) is 120 Å². The molecule has 0 aliphatic rings. The summed E-state index contributed by atoms with van der Waals surface area (Å²) in [5.74, 6) is -0.255. The summed E-state index contributed by atoms with van der Waals surface area (Å²) in [7, 11) is 0. The number of aromatic nitrogens is 3. The first-order valence-corrected chi connectivity index (χ1v) is 7.98. The van der Waals surface area contributed by atoms with Gasteiger partial charge in [0.15, 0.2) is 11.6 Å². The average molecular weight is 365 g/mol. The number of non-ortho nitro benzene ring substituents is 1. The van der Waals surface area contributed by atoms with Crippen molar-refractivity contribution in [3.63, 3.8) is 0 Å². The Balaban J connectivity index is 1.73. The Morgan fingerprint density at radius 3 is 2.70 bits per heavy atom. The van der Waals surface area contributed by atoms with Gasteiger partial charge in [0.25, 0.3) is 5.69 Å². The molecule has 0 aliphatic carbocycles. The number of benzene rings is 2. The van der Waals surface area contributed by atoms with Crippen LogP contribution in [0.15, 0.2) is 54.9 Å². The fourth-order valence-corrected chi connectivity index (χ4v) is 2.50. The van der Waals surface area contributed by atoms with Crippen LogP contribution in [0.5, 0.6) is 0 Å². The van der Waals surface area contributed by atoms with Crippen molar-refractivity contribution in [1.82, 2.24) is 14.8 Å². The number of amides is 1. The van der Waals surface area contributed by atoms with E-state index in [0.717, 1.165) is 0 Å². The lowest BCUT2D eigenvalue weighted by Gasteiger charge is -2.08. The molecule has 0 aliphatic heterocycles. The van der Waals surface area contributed by atoms with Crippen molar-refractivity contribution in [3.8, 4) is 11.4 Å². The zero-order chi connectivity index (χ0) is 19.4. The SMILES string of the molecule is CC(=O)c1ccccc1NC(=O)Cn1cnc(-c2cccc([N+](=O)[O-])c2)n1. The van der Waals surface area contributed by atoms with Gasteiger partial charge in [0.05, 0.1) is 10.6 Å². The Bertz CT molecular complexity index is 1030. The molecule has 136 valence electrons. The molecule has 0 unspecified atom stereocenters. The van der Waals surface area contributed by atoms with Crippen molar-refractivity contribution >= 4 is 23.1 Å². The highest BCUT2D eigenvalue weighted by molar-refractivity contribution is 6.03. The van der Waals surface area contributed by atoms with Gasteiger partial charge in [-0.25, -0.2) is 9.67 Å². The van der Waals surface area contributed by atoms with Crippen LogP contribution in [-0.2, 0) is 11.3 Å². The van der Waals surface area contributed by atoms with E-state index in [1.165, 1.54) is 30.1 Å². The molecule has 1 aromatic heterocycles. The van der Waals surface area contributed by atoms with Crippen molar-refractivity contribution in [2.45, 2.75) is 13.5 Å². The van der Waals surface area contributed by atoms with E-state index in [1.807, 2.05) is 0 Å². The van der Waals surface area contributed by atoms with Gasteiger partial charge in [0, 0.05) is 23.3 Å². The van der Waals surface area contributed by atoms with Crippen molar-refractivity contribution < 1.29 is 14.5 Å². The molecule has 0 fully saturated rings. The number of Topliss-reactive ketones (excluding diaryl/α,β-unsaturated/α-hetero) is 1. The third-order valence-corrected chi connectivity index (χ3v) is 3.74. The zero-order valence-corrected chi connectivity index (χ0v) is 14.3. The second-order valence-corrected chi connectivity index (χ2v) is 5.72. The number of ketones is 1. The van der Waals surface area contributed by atoms with Gasteiger partial charge >= 0.3 is 0 Å². The minimum absolute atomic E-state index is 0.0672. The molecule has 1 heterocycles. The average Bonchev–Trinajstić information content (AvgIpc) is 3.10. The van der Waals surface area contributed by atoms with E-state index in [2.05, 4.69) is 15.4 Å². The standard InChI is InChI=1S/C18H15N5O4/c1-12(24)15-7-2-3-8-16(15)20-17(25)10-22-11-19-18(21-22)13-5-4-6-14(9-13)23(26)27/h2-9,11H,10H2,1H3,(H,20,25). The molecule has 0 radical (unpaired) electrons. The van der Waals surface area contributed by atoms with Gasteiger partial charge in [-0.3, -0.25) is 19.7 Å². The molecule has 2 aromatic carbocycles. The maximum Gasteiger partial charge on any atom is 0.270 e. The van der Waals surface area contributed by atoms with E-state index in [9.17, 15) is 19.7 Å². The van der Waals surface area contributed by atoms with Crippen LogP contribution < -0.4 is 5.32 Å². The van der Waals surface area contributed by atoms with Gasteiger partial charge in [0.2, 0.25) is 5.91 Å². The molecular formula is C18H15N5O4. The van der Waals surface area contributed by atoms with Gasteiger partial charge in [0.1, 0.15) is 12.9 Å². The molecule has 0 spiro atoms. The number of carbonyl (C=O) groups excluding carboxylic acids is 2. The lowest BCUT2D eigenvalue weighted by Crippen LogP contribution is -2.20. The molecule has 0 bridgehead atoms. The molecular weight excluding hydrogens is 350 g/mol. The van der Waals surface area contributed by atoms with Crippen LogP contribution in [0.2, 0.25) is 0 Å². The molecule has 3 aromatic rings. The summed E-state index contributed by atoms with van der Waals surface area (Å²) < 4.78 is 1.32. The summed E-state index contributed by atoms with van der Waals surface area (Å²) in [6.07, 6.45) is 1.37. The molecule has 0 saturated carbocycles. The summed E-state index contributed by atoms with van der Waals surface area (Å²) in [4.78, 5) is 38.3. The van der Waals surface area contributed by atoms with Gasteiger partial charge < -0.3 is 5.32 Å². The first-order valence-electron chi connectivity index (χ1n) is 7.98. The molecule has 0 atom stereocenters. The molecule has 9 heteroatoms. The molecule has 3 rings (SSSR count). The number of hydrogen-bond donors (Lipinski definition) is 1. The fourth-order valence-electron chi connectivity index (χ4n) is 2.50. The summed E-state index contributed by atoms with van der Waals surface area (Å²) >= 11 is 0. The Morgan fingerprint density at radius 2 is 1.96 bits per heavy atom. The van der Waals surface area contributed by atoms with Gasteiger partial charge in [-0.1, -0.05) is 24.3 Å². The smallest absolute Gasteiger partial charge is 0.270 e. The highest BCUT2D eigenvalue weighted by Gasteiger charge is 2.13. The minimum Gasteiger partial charge on any atom is -0.324 e. The lowest BCUT2D eigenvalue weighted by atomic mass is 10.1. The third kappa shape index (κ3) is 4.21. The molecule has 27 heavy (non-hydrogen) atoms. The quantitative estimate of drug-likeness (QED) is 0.407. The number of anilines is 1. The van der Waals surface area contributed by atoms with E-state index in [1.54, 1.807) is 36.4 Å². The largest absolute Gasteiger partial charge is 0.324 e. The number of rotatable bonds is 6. The summed E-state index contributed by atoms with van der Waals surface area (Å²) in [6.45, 7) is 1.31. The Labute approximate surface area is 153 Å². The number of carbonyl (C=O) groups is 2. The zero-order valence-electron chi connectivity index (χ0n) is 14.3. The van der Waals surface area contributed by atoms with Crippen LogP contribution in [0.4, 0.5) is 11.4 Å². The monoisotopic (exact) mass is 365 g/mol. The molecule has 0 saturated heterocycles. The van der Waals surface area contributed by atoms with Crippen molar-refractivity contribution in [1.29, 1.82) is 0 Å². The maximum atomic E-state index is 12.2. The van der Waals surface area contributed by atoms with E-state index in [-0.39, 0.29) is 29.7 Å². The second kappa shape index (κ2) is 7.56. The van der Waals surface area contributed by atoms with Crippen LogP contribution in [-0.4, -0.2) is 31.4 Å².